The number of ether oxygens (including phenoxy) is 3. The SMILES string of the molecule is COC(=O)[C@@H](Cc1ccccc1)NC(=O)[C@@H](CC(C)C)NC(=O)[C@H](NC(=O)[C@H](CCCCNC(=O)OCc1ccccc1)NC(=O)[C@H](CC(C)C)NC(=O)OC(C)(C)C)C(C)C. The van der Waals surface area contributed by atoms with E-state index in [1.54, 1.807) is 34.6 Å². The minimum absolute atomic E-state index is 0.0214. The van der Waals surface area contributed by atoms with Crippen LogP contribution in [-0.2, 0) is 51.2 Å². The van der Waals surface area contributed by atoms with Crippen molar-refractivity contribution in [3.8, 4) is 0 Å². The van der Waals surface area contributed by atoms with E-state index in [9.17, 15) is 33.6 Å². The van der Waals surface area contributed by atoms with Crippen LogP contribution in [0, 0.1) is 17.8 Å². The first kappa shape index (κ1) is 52.5. The fourth-order valence-electron chi connectivity index (χ4n) is 6.34. The zero-order valence-electron chi connectivity index (χ0n) is 38.1. The van der Waals surface area contributed by atoms with Crippen LogP contribution in [0.1, 0.15) is 106 Å². The van der Waals surface area contributed by atoms with E-state index in [4.69, 9.17) is 14.2 Å². The van der Waals surface area contributed by atoms with Crippen LogP contribution >= 0.6 is 0 Å². The van der Waals surface area contributed by atoms with Gasteiger partial charge in [0.15, 0.2) is 0 Å². The average molecular weight is 867 g/mol. The Morgan fingerprint density at radius 2 is 1.08 bits per heavy atom. The Morgan fingerprint density at radius 3 is 1.60 bits per heavy atom. The third kappa shape index (κ3) is 20.7. The summed E-state index contributed by atoms with van der Waals surface area (Å²) >= 11 is 0. The summed E-state index contributed by atoms with van der Waals surface area (Å²) in [5.74, 6) is -3.70. The Balaban J connectivity index is 2.26. The largest absolute Gasteiger partial charge is 0.467 e. The maximum absolute atomic E-state index is 14.1. The summed E-state index contributed by atoms with van der Waals surface area (Å²) in [6.07, 6.45) is 0.136. The van der Waals surface area contributed by atoms with Crippen LogP contribution in [0.5, 0.6) is 0 Å². The predicted molar refractivity (Wildman–Crippen MR) is 235 cm³/mol. The van der Waals surface area contributed by atoms with E-state index in [1.165, 1.54) is 7.11 Å². The highest BCUT2D eigenvalue weighted by atomic mass is 16.6. The normalized spacial score (nSPS) is 13.8. The fourth-order valence-corrected chi connectivity index (χ4v) is 6.34. The molecular weight excluding hydrogens is 797 g/mol. The number of carbonyl (C=O) groups is 7. The molecule has 2 rings (SSSR count). The Labute approximate surface area is 367 Å². The lowest BCUT2D eigenvalue weighted by Crippen LogP contribution is -2.60. The number of alkyl carbamates (subject to hydrolysis) is 2. The summed E-state index contributed by atoms with van der Waals surface area (Å²) in [6.45, 7) is 16.4. The Bertz CT molecular complexity index is 1730. The van der Waals surface area contributed by atoms with Gasteiger partial charge < -0.3 is 46.1 Å². The molecule has 0 bridgehead atoms. The lowest BCUT2D eigenvalue weighted by Gasteiger charge is -2.29. The first-order valence-electron chi connectivity index (χ1n) is 21.5. The van der Waals surface area contributed by atoms with Gasteiger partial charge in [-0.1, -0.05) is 102 Å². The summed E-state index contributed by atoms with van der Waals surface area (Å²) in [5.41, 5.74) is 0.813. The smallest absolute Gasteiger partial charge is 0.408 e. The van der Waals surface area contributed by atoms with E-state index in [0.29, 0.717) is 12.8 Å². The van der Waals surface area contributed by atoms with Crippen molar-refractivity contribution in [3.63, 3.8) is 0 Å². The highest BCUT2D eigenvalue weighted by Crippen LogP contribution is 2.14. The van der Waals surface area contributed by atoms with Gasteiger partial charge >= 0.3 is 18.2 Å². The molecule has 0 saturated heterocycles. The van der Waals surface area contributed by atoms with Gasteiger partial charge in [-0.05, 0) is 81.8 Å². The lowest BCUT2D eigenvalue weighted by molar-refractivity contribution is -0.145. The number of unbranched alkanes of at least 4 members (excludes halogenated alkanes) is 1. The minimum atomic E-state index is -1.16. The third-order valence-corrected chi connectivity index (χ3v) is 9.42. The zero-order valence-corrected chi connectivity index (χ0v) is 38.1. The molecule has 344 valence electrons. The number of benzene rings is 2. The van der Waals surface area contributed by atoms with Gasteiger partial charge in [0.05, 0.1) is 7.11 Å². The Kier molecular flexibility index (Phi) is 22.5. The van der Waals surface area contributed by atoms with E-state index < -0.39 is 83.5 Å². The summed E-state index contributed by atoms with van der Waals surface area (Å²) < 4.78 is 15.6. The molecule has 16 heteroatoms. The number of amides is 6. The molecule has 6 N–H and O–H groups in total. The first-order chi connectivity index (χ1) is 29.2. The Hall–Kier alpha value is -5.67. The highest BCUT2D eigenvalue weighted by Gasteiger charge is 2.34. The second-order valence-corrected chi connectivity index (χ2v) is 17.6. The van der Waals surface area contributed by atoms with Crippen LogP contribution < -0.4 is 31.9 Å². The van der Waals surface area contributed by atoms with Crippen molar-refractivity contribution < 1.29 is 47.8 Å². The quantitative estimate of drug-likeness (QED) is 0.0467. The maximum Gasteiger partial charge on any atom is 0.408 e. The standard InChI is InChI=1S/C46H70N6O10/c1-29(2)25-35(40(54)50-37(43(57)60-10)27-32-19-13-11-14-20-32)49-42(56)38(31(5)6)52-39(53)34(23-17-18-24-47-44(58)61-28-33-21-15-12-16-22-33)48-41(55)36(26-30(3)4)51-45(59)62-46(7,8)9/h11-16,19-22,29-31,34-38H,17-18,23-28H2,1-10H3,(H,47,58)(H,48,55)(H,49,56)(H,50,54)(H,51,59)(H,52,53)/t34-,35+,36-,37+,38+/m0/s1. The second-order valence-electron chi connectivity index (χ2n) is 17.6. The van der Waals surface area contributed by atoms with E-state index in [1.807, 2.05) is 88.4 Å². The van der Waals surface area contributed by atoms with E-state index in [2.05, 4.69) is 31.9 Å². The second kappa shape index (κ2) is 26.6. The van der Waals surface area contributed by atoms with Gasteiger partial charge in [-0.15, -0.1) is 0 Å². The molecule has 2 aromatic carbocycles. The highest BCUT2D eigenvalue weighted by molar-refractivity contribution is 5.96. The van der Waals surface area contributed by atoms with Crippen LogP contribution in [-0.4, -0.2) is 91.2 Å². The van der Waals surface area contributed by atoms with Crippen molar-refractivity contribution in [1.29, 1.82) is 0 Å². The molecule has 0 spiro atoms. The summed E-state index contributed by atoms with van der Waals surface area (Å²) in [5, 5.41) is 16.4. The Morgan fingerprint density at radius 1 is 0.581 bits per heavy atom. The number of nitrogens with one attached hydrogen (secondary N) is 6. The number of esters is 1. The molecular formula is C46H70N6O10. The van der Waals surface area contributed by atoms with E-state index in [-0.39, 0.29) is 50.7 Å². The molecule has 2 aromatic rings. The van der Waals surface area contributed by atoms with E-state index in [0.717, 1.165) is 11.1 Å². The first-order valence-corrected chi connectivity index (χ1v) is 21.5. The lowest BCUT2D eigenvalue weighted by atomic mass is 9.98. The fraction of sp³-hybridized carbons (Fsp3) is 0.587. The predicted octanol–water partition coefficient (Wildman–Crippen LogP) is 5.08. The number of methoxy groups -OCH3 is 1. The van der Waals surface area contributed by atoms with Gasteiger partial charge in [-0.2, -0.15) is 0 Å². The van der Waals surface area contributed by atoms with Gasteiger partial charge in [0.25, 0.3) is 0 Å². The van der Waals surface area contributed by atoms with Gasteiger partial charge in [0.1, 0.15) is 42.4 Å². The maximum atomic E-state index is 14.1. The zero-order chi connectivity index (χ0) is 46.4. The third-order valence-electron chi connectivity index (χ3n) is 9.42. The van der Waals surface area contributed by atoms with Crippen molar-refractivity contribution in [2.45, 2.75) is 143 Å². The van der Waals surface area contributed by atoms with Gasteiger partial charge in [0.2, 0.25) is 23.6 Å². The summed E-state index contributed by atoms with van der Waals surface area (Å²) in [6, 6.07) is 12.9. The van der Waals surface area contributed by atoms with Crippen molar-refractivity contribution in [1.82, 2.24) is 31.9 Å². The molecule has 0 aromatic heterocycles. The molecule has 0 saturated carbocycles. The van der Waals surface area contributed by atoms with Gasteiger partial charge in [-0.25, -0.2) is 14.4 Å². The molecule has 0 aliphatic carbocycles. The number of carbonyl (C=O) groups excluding carboxylic acids is 7. The molecule has 16 nitrogen and oxygen atoms in total. The molecule has 62 heavy (non-hydrogen) atoms. The molecule has 6 amide bonds. The number of hydrogen-bond acceptors (Lipinski definition) is 10. The van der Waals surface area contributed by atoms with Crippen LogP contribution in [0.2, 0.25) is 0 Å². The molecule has 0 aliphatic heterocycles. The number of rotatable bonds is 24. The summed E-state index contributed by atoms with van der Waals surface area (Å²) in [7, 11) is 1.23. The molecule has 0 aliphatic rings. The van der Waals surface area contributed by atoms with Gasteiger partial charge in [0, 0.05) is 13.0 Å². The van der Waals surface area contributed by atoms with Gasteiger partial charge in [-0.3, -0.25) is 19.2 Å². The van der Waals surface area contributed by atoms with Crippen molar-refractivity contribution in [3.05, 3.63) is 71.8 Å². The van der Waals surface area contributed by atoms with E-state index >= 15 is 0 Å². The van der Waals surface area contributed by atoms with Crippen molar-refractivity contribution >= 4 is 41.8 Å². The topological polar surface area (TPSA) is 219 Å². The monoisotopic (exact) mass is 867 g/mol. The molecule has 0 fully saturated rings. The van der Waals surface area contributed by atoms with Crippen LogP contribution in [0.15, 0.2) is 60.7 Å². The van der Waals surface area contributed by atoms with Crippen LogP contribution in [0.4, 0.5) is 9.59 Å². The molecule has 5 atom stereocenters. The average Bonchev–Trinajstić information content (AvgIpc) is 3.19. The molecule has 0 unspecified atom stereocenters. The molecule has 0 radical (unpaired) electrons. The van der Waals surface area contributed by atoms with Crippen LogP contribution in [0.25, 0.3) is 0 Å². The van der Waals surface area contributed by atoms with Crippen molar-refractivity contribution in [2.24, 2.45) is 17.8 Å². The minimum Gasteiger partial charge on any atom is -0.467 e. The number of hydrogen-bond donors (Lipinski definition) is 6. The van der Waals surface area contributed by atoms with Crippen molar-refractivity contribution in [2.75, 3.05) is 13.7 Å². The van der Waals surface area contributed by atoms with Crippen LogP contribution in [0.3, 0.4) is 0 Å². The molecule has 0 heterocycles. The summed E-state index contributed by atoms with van der Waals surface area (Å²) in [4.78, 5) is 93.5.